The maximum Gasteiger partial charge on any atom is 0.331 e. The van der Waals surface area contributed by atoms with Gasteiger partial charge in [-0.25, -0.2) is 4.79 Å². The van der Waals surface area contributed by atoms with Crippen LogP contribution in [0.2, 0.25) is 0 Å². The van der Waals surface area contributed by atoms with Crippen LogP contribution in [0.15, 0.2) is 12.2 Å². The molecule has 0 unspecified atom stereocenters. The lowest BCUT2D eigenvalue weighted by Gasteiger charge is -2.39. The summed E-state index contributed by atoms with van der Waals surface area (Å²) in [6, 6.07) is 0. The van der Waals surface area contributed by atoms with E-state index in [4.69, 9.17) is 4.74 Å². The molecule has 0 fully saturated rings. The molecule has 0 amide bonds. The van der Waals surface area contributed by atoms with Crippen molar-refractivity contribution >= 4 is 5.97 Å². The Kier molecular flexibility index (Phi) is 7.88. The predicted octanol–water partition coefficient (Wildman–Crippen LogP) is 3.35. The molecule has 0 rings (SSSR count). The van der Waals surface area contributed by atoms with Crippen molar-refractivity contribution in [2.75, 3.05) is 13.3 Å². The number of allylic oxidation sites excluding steroid dienone is 1. The Balaban J connectivity index is 4.47. The summed E-state index contributed by atoms with van der Waals surface area (Å²) in [5, 5.41) is 0. The Bertz CT molecular complexity index is 245. The quantitative estimate of drug-likeness (QED) is 0.371. The third-order valence-electron chi connectivity index (χ3n) is 3.45. The van der Waals surface area contributed by atoms with Gasteiger partial charge < -0.3 is 4.74 Å². The molecule has 0 aromatic heterocycles. The van der Waals surface area contributed by atoms with Crippen molar-refractivity contribution < 1.29 is 9.53 Å². The van der Waals surface area contributed by atoms with Gasteiger partial charge in [0.05, 0.1) is 0 Å². The number of rotatable bonds is 8. The first-order chi connectivity index (χ1) is 8.03. The molecule has 0 aliphatic heterocycles. The Morgan fingerprint density at radius 2 is 1.88 bits per heavy atom. The van der Waals surface area contributed by atoms with Crippen LogP contribution in [0.5, 0.6) is 0 Å². The van der Waals surface area contributed by atoms with Crippen LogP contribution >= 0.6 is 0 Å². The second-order valence-electron chi connectivity index (χ2n) is 4.56. The van der Waals surface area contributed by atoms with Crippen molar-refractivity contribution in [1.29, 1.82) is 0 Å². The van der Waals surface area contributed by atoms with E-state index >= 15 is 0 Å². The summed E-state index contributed by atoms with van der Waals surface area (Å²) in [6.45, 7) is 11.9. The van der Waals surface area contributed by atoms with Crippen molar-refractivity contribution in [3.05, 3.63) is 12.2 Å². The molecule has 100 valence electrons. The molecular weight excluding hydrogens is 214 g/mol. The van der Waals surface area contributed by atoms with Crippen LogP contribution in [0.1, 0.15) is 53.9 Å². The van der Waals surface area contributed by atoms with E-state index in [1.54, 1.807) is 6.08 Å². The number of hydrogen-bond acceptors (Lipinski definition) is 3. The lowest BCUT2D eigenvalue weighted by Crippen LogP contribution is -2.47. The molecule has 17 heavy (non-hydrogen) atoms. The topological polar surface area (TPSA) is 29.5 Å². The van der Waals surface area contributed by atoms with Crippen molar-refractivity contribution in [3.8, 4) is 0 Å². The summed E-state index contributed by atoms with van der Waals surface area (Å²) in [6.07, 6.45) is 6.34. The largest absolute Gasteiger partial charge is 0.446 e. The van der Waals surface area contributed by atoms with Crippen molar-refractivity contribution in [3.63, 3.8) is 0 Å². The smallest absolute Gasteiger partial charge is 0.331 e. The summed E-state index contributed by atoms with van der Waals surface area (Å²) in [7, 11) is 0. The normalized spacial score (nSPS) is 12.4. The fraction of sp³-hybridized carbons (Fsp3) is 0.786. The molecule has 0 aliphatic carbocycles. The van der Waals surface area contributed by atoms with E-state index in [1.807, 2.05) is 6.92 Å². The lowest BCUT2D eigenvalue weighted by atomic mass is 9.93. The SMILES string of the molecule is C/C=C\C(=O)OCN(CCC)C(C)(CC)CC. The number of carbonyl (C=O) groups excluding carboxylic acids is 1. The second-order valence-corrected chi connectivity index (χ2v) is 4.56. The fourth-order valence-corrected chi connectivity index (χ4v) is 1.78. The molecule has 0 atom stereocenters. The van der Waals surface area contributed by atoms with Crippen LogP contribution in [0.3, 0.4) is 0 Å². The highest BCUT2D eigenvalue weighted by molar-refractivity contribution is 5.81. The van der Waals surface area contributed by atoms with E-state index in [-0.39, 0.29) is 11.5 Å². The Hall–Kier alpha value is -0.830. The summed E-state index contributed by atoms with van der Waals surface area (Å²) in [5.74, 6) is -0.261. The minimum atomic E-state index is -0.261. The molecule has 3 nitrogen and oxygen atoms in total. The Morgan fingerprint density at radius 3 is 2.29 bits per heavy atom. The fourth-order valence-electron chi connectivity index (χ4n) is 1.78. The van der Waals surface area contributed by atoms with Gasteiger partial charge in [0.25, 0.3) is 0 Å². The van der Waals surface area contributed by atoms with Crippen LogP contribution in [0.4, 0.5) is 0 Å². The van der Waals surface area contributed by atoms with Crippen molar-refractivity contribution in [1.82, 2.24) is 4.90 Å². The first-order valence-electron chi connectivity index (χ1n) is 6.58. The molecule has 0 aromatic rings. The van der Waals surface area contributed by atoms with E-state index in [9.17, 15) is 4.79 Å². The predicted molar refractivity (Wildman–Crippen MR) is 71.8 cm³/mol. The van der Waals surface area contributed by atoms with Crippen molar-refractivity contribution in [2.24, 2.45) is 0 Å². The van der Waals surface area contributed by atoms with E-state index in [0.717, 1.165) is 25.8 Å². The van der Waals surface area contributed by atoms with E-state index in [1.165, 1.54) is 6.08 Å². The minimum Gasteiger partial charge on any atom is -0.446 e. The van der Waals surface area contributed by atoms with Gasteiger partial charge in [0.1, 0.15) is 6.73 Å². The molecular formula is C14H27NO2. The molecule has 3 heteroatoms. The molecule has 0 N–H and O–H groups in total. The number of nitrogens with zero attached hydrogens (tertiary/aromatic N) is 1. The van der Waals surface area contributed by atoms with Crippen LogP contribution in [-0.2, 0) is 9.53 Å². The Labute approximate surface area is 106 Å². The first-order valence-corrected chi connectivity index (χ1v) is 6.58. The molecule has 0 heterocycles. The average Bonchev–Trinajstić information content (AvgIpc) is 2.33. The average molecular weight is 241 g/mol. The first kappa shape index (κ1) is 16.2. The summed E-state index contributed by atoms with van der Waals surface area (Å²) < 4.78 is 5.25. The van der Waals surface area contributed by atoms with Crippen molar-refractivity contribution in [2.45, 2.75) is 59.4 Å². The number of esters is 1. The summed E-state index contributed by atoms with van der Waals surface area (Å²) in [4.78, 5) is 13.6. The van der Waals surface area contributed by atoms with E-state index in [2.05, 4.69) is 32.6 Å². The van der Waals surface area contributed by atoms with Gasteiger partial charge in [-0.15, -0.1) is 0 Å². The van der Waals surface area contributed by atoms with Gasteiger partial charge in [-0.1, -0.05) is 26.8 Å². The van der Waals surface area contributed by atoms with Gasteiger partial charge >= 0.3 is 5.97 Å². The van der Waals surface area contributed by atoms with Gasteiger partial charge in [0.15, 0.2) is 0 Å². The summed E-state index contributed by atoms with van der Waals surface area (Å²) in [5.41, 5.74) is 0.117. The van der Waals surface area contributed by atoms with E-state index < -0.39 is 0 Å². The monoisotopic (exact) mass is 241 g/mol. The highest BCUT2D eigenvalue weighted by Gasteiger charge is 2.28. The zero-order valence-electron chi connectivity index (χ0n) is 12.0. The zero-order chi connectivity index (χ0) is 13.3. The summed E-state index contributed by atoms with van der Waals surface area (Å²) >= 11 is 0. The molecule has 0 aromatic carbocycles. The van der Waals surface area contributed by atoms with Crippen LogP contribution in [-0.4, -0.2) is 29.7 Å². The molecule has 0 bridgehead atoms. The standard InChI is InChI=1S/C14H27NO2/c1-6-10-13(16)17-12-15(11-7-2)14(5,8-3)9-4/h6,10H,7-9,11-12H2,1-5H3/b10-6-. The molecule has 0 saturated heterocycles. The lowest BCUT2D eigenvalue weighted by molar-refractivity contribution is -0.145. The number of ether oxygens (including phenoxy) is 1. The molecule has 0 radical (unpaired) electrons. The second kappa shape index (κ2) is 8.29. The highest BCUT2D eigenvalue weighted by atomic mass is 16.5. The molecule has 0 saturated carbocycles. The van der Waals surface area contributed by atoms with Gasteiger partial charge in [-0.05, 0) is 33.1 Å². The van der Waals surface area contributed by atoms with Crippen LogP contribution < -0.4 is 0 Å². The minimum absolute atomic E-state index is 0.117. The highest BCUT2D eigenvalue weighted by Crippen LogP contribution is 2.23. The zero-order valence-corrected chi connectivity index (χ0v) is 12.0. The van der Waals surface area contributed by atoms with E-state index in [0.29, 0.717) is 6.73 Å². The number of carbonyl (C=O) groups is 1. The van der Waals surface area contributed by atoms with Crippen LogP contribution in [0.25, 0.3) is 0 Å². The molecule has 0 aliphatic rings. The van der Waals surface area contributed by atoms with Gasteiger partial charge in [0, 0.05) is 18.2 Å². The number of hydrogen-bond donors (Lipinski definition) is 0. The Morgan fingerprint density at radius 1 is 1.29 bits per heavy atom. The maximum absolute atomic E-state index is 11.3. The van der Waals surface area contributed by atoms with Gasteiger partial charge in [-0.3, -0.25) is 4.90 Å². The third kappa shape index (κ3) is 5.35. The molecule has 0 spiro atoms. The van der Waals surface area contributed by atoms with Gasteiger partial charge in [-0.2, -0.15) is 0 Å². The van der Waals surface area contributed by atoms with Gasteiger partial charge in [0.2, 0.25) is 0 Å². The van der Waals surface area contributed by atoms with Crippen LogP contribution in [0, 0.1) is 0 Å². The maximum atomic E-state index is 11.3. The third-order valence-corrected chi connectivity index (χ3v) is 3.45.